The van der Waals surface area contributed by atoms with Crippen molar-refractivity contribution >= 4 is 22.8 Å². The molecule has 0 saturated carbocycles. The van der Waals surface area contributed by atoms with Crippen LogP contribution < -0.4 is 10.1 Å². The topological polar surface area (TPSA) is 67.3 Å². The van der Waals surface area contributed by atoms with E-state index >= 15 is 0 Å². The van der Waals surface area contributed by atoms with Gasteiger partial charge in [-0.3, -0.25) is 0 Å². The molecule has 26 heavy (non-hydrogen) atoms. The summed E-state index contributed by atoms with van der Waals surface area (Å²) in [6.07, 6.45) is 2.47. The molecule has 6 heteroatoms. The van der Waals surface area contributed by atoms with Crippen LogP contribution in [0.5, 0.6) is 5.75 Å². The Kier molecular flexibility index (Phi) is 4.39. The summed E-state index contributed by atoms with van der Waals surface area (Å²) in [6, 6.07) is 13.3. The number of rotatable bonds is 3. The molecule has 6 nitrogen and oxygen atoms in total. The summed E-state index contributed by atoms with van der Waals surface area (Å²) in [6.45, 7) is 3.64. The van der Waals surface area contributed by atoms with Crippen molar-refractivity contribution in [3.8, 4) is 5.75 Å². The summed E-state index contributed by atoms with van der Waals surface area (Å²) < 4.78 is 5.58. The van der Waals surface area contributed by atoms with Crippen molar-refractivity contribution < 1.29 is 9.53 Å². The minimum absolute atomic E-state index is 0.130. The van der Waals surface area contributed by atoms with Crippen LogP contribution >= 0.6 is 0 Å². The van der Waals surface area contributed by atoms with Gasteiger partial charge in [0.2, 0.25) is 0 Å². The maximum atomic E-state index is 12.7. The third-order valence-electron chi connectivity index (χ3n) is 4.45. The molecule has 2 amide bonds. The number of pyridine rings is 2. The minimum atomic E-state index is -0.130. The molecule has 0 aliphatic carbocycles. The third kappa shape index (κ3) is 3.18. The van der Waals surface area contributed by atoms with Gasteiger partial charge in [0.05, 0.1) is 12.3 Å². The van der Waals surface area contributed by atoms with Gasteiger partial charge in [0.25, 0.3) is 0 Å². The lowest BCUT2D eigenvalue weighted by atomic mass is 10.0. The summed E-state index contributed by atoms with van der Waals surface area (Å²) in [5.41, 5.74) is 3.54. The number of hydrogen-bond acceptors (Lipinski definition) is 4. The lowest BCUT2D eigenvalue weighted by Crippen LogP contribution is -2.39. The second-order valence-corrected chi connectivity index (χ2v) is 6.18. The SMILES string of the molecule is CCOc1ccccc1NC(=O)N1CCc2nc3ncccc3cc2C1. The van der Waals surface area contributed by atoms with Crippen LogP contribution in [0.15, 0.2) is 48.7 Å². The van der Waals surface area contributed by atoms with E-state index in [0.29, 0.717) is 31.1 Å². The van der Waals surface area contributed by atoms with Gasteiger partial charge in [0.1, 0.15) is 5.75 Å². The van der Waals surface area contributed by atoms with Crippen molar-refractivity contribution in [2.75, 3.05) is 18.5 Å². The Balaban J connectivity index is 1.53. The molecule has 1 aromatic carbocycles. The molecule has 3 aromatic rings. The molecule has 0 unspecified atom stereocenters. The quantitative estimate of drug-likeness (QED) is 0.785. The average Bonchev–Trinajstić information content (AvgIpc) is 2.67. The fourth-order valence-corrected chi connectivity index (χ4v) is 3.18. The van der Waals surface area contributed by atoms with Gasteiger partial charge in [-0.15, -0.1) is 0 Å². The molecular formula is C20H20N4O2. The first-order chi connectivity index (χ1) is 12.7. The molecular weight excluding hydrogens is 328 g/mol. The van der Waals surface area contributed by atoms with E-state index in [1.54, 1.807) is 11.1 Å². The summed E-state index contributed by atoms with van der Waals surface area (Å²) in [5, 5.41) is 3.96. The van der Waals surface area contributed by atoms with Crippen molar-refractivity contribution in [2.24, 2.45) is 0 Å². The lowest BCUT2D eigenvalue weighted by molar-refractivity contribution is 0.206. The summed E-state index contributed by atoms with van der Waals surface area (Å²) in [5.74, 6) is 0.680. The molecule has 0 saturated heterocycles. The molecule has 2 aromatic heterocycles. The second-order valence-electron chi connectivity index (χ2n) is 6.18. The number of aromatic nitrogens is 2. The van der Waals surface area contributed by atoms with Crippen LogP contribution in [-0.2, 0) is 13.0 Å². The zero-order valence-corrected chi connectivity index (χ0v) is 14.6. The number of carbonyl (C=O) groups is 1. The van der Waals surface area contributed by atoms with E-state index in [2.05, 4.69) is 21.4 Å². The molecule has 1 N–H and O–H groups in total. The first-order valence-corrected chi connectivity index (χ1v) is 8.76. The Labute approximate surface area is 151 Å². The zero-order chi connectivity index (χ0) is 17.9. The molecule has 0 fully saturated rings. The Morgan fingerprint density at radius 1 is 1.27 bits per heavy atom. The fourth-order valence-electron chi connectivity index (χ4n) is 3.18. The number of benzene rings is 1. The Bertz CT molecular complexity index is 957. The Morgan fingerprint density at radius 2 is 2.15 bits per heavy atom. The maximum absolute atomic E-state index is 12.7. The Morgan fingerprint density at radius 3 is 3.04 bits per heavy atom. The predicted octanol–water partition coefficient (Wildman–Crippen LogP) is 3.62. The van der Waals surface area contributed by atoms with Crippen molar-refractivity contribution in [2.45, 2.75) is 19.9 Å². The highest BCUT2D eigenvalue weighted by atomic mass is 16.5. The van der Waals surface area contributed by atoms with Crippen LogP contribution in [0.25, 0.3) is 11.0 Å². The van der Waals surface area contributed by atoms with E-state index in [-0.39, 0.29) is 6.03 Å². The van der Waals surface area contributed by atoms with Crippen molar-refractivity contribution in [3.63, 3.8) is 0 Å². The number of hydrogen-bond donors (Lipinski definition) is 1. The predicted molar refractivity (Wildman–Crippen MR) is 100 cm³/mol. The van der Waals surface area contributed by atoms with Crippen LogP contribution in [-0.4, -0.2) is 34.1 Å². The van der Waals surface area contributed by atoms with Crippen LogP contribution in [0.1, 0.15) is 18.2 Å². The van der Waals surface area contributed by atoms with Crippen LogP contribution in [0.3, 0.4) is 0 Å². The summed E-state index contributed by atoms with van der Waals surface area (Å²) in [7, 11) is 0. The van der Waals surface area contributed by atoms with Crippen molar-refractivity contribution in [1.29, 1.82) is 0 Å². The van der Waals surface area contributed by atoms with Gasteiger partial charge in [-0.1, -0.05) is 12.1 Å². The molecule has 1 aliphatic heterocycles. The van der Waals surface area contributed by atoms with Gasteiger partial charge in [-0.05, 0) is 42.8 Å². The average molecular weight is 348 g/mol. The van der Waals surface area contributed by atoms with Crippen LogP contribution in [0.4, 0.5) is 10.5 Å². The highest BCUT2D eigenvalue weighted by Crippen LogP contribution is 2.26. The van der Waals surface area contributed by atoms with Crippen molar-refractivity contribution in [1.82, 2.24) is 14.9 Å². The zero-order valence-electron chi connectivity index (χ0n) is 14.6. The second kappa shape index (κ2) is 7.00. The standard InChI is InChI=1S/C20H20N4O2/c1-2-26-18-8-4-3-7-17(18)23-20(25)24-11-9-16-15(13-24)12-14-6-5-10-21-19(14)22-16/h3-8,10,12H,2,9,11,13H2,1H3,(H,23,25). The van der Waals surface area contributed by atoms with E-state index < -0.39 is 0 Å². The first kappa shape index (κ1) is 16.3. The number of carbonyl (C=O) groups excluding carboxylic acids is 1. The van der Waals surface area contributed by atoms with Gasteiger partial charge in [0.15, 0.2) is 5.65 Å². The number of para-hydroxylation sites is 2. The molecule has 1 aliphatic rings. The molecule has 0 spiro atoms. The lowest BCUT2D eigenvalue weighted by Gasteiger charge is -2.28. The molecule has 3 heterocycles. The highest BCUT2D eigenvalue weighted by molar-refractivity contribution is 5.91. The largest absolute Gasteiger partial charge is 0.492 e. The van der Waals surface area contributed by atoms with E-state index in [0.717, 1.165) is 28.7 Å². The first-order valence-electron chi connectivity index (χ1n) is 8.76. The maximum Gasteiger partial charge on any atom is 0.322 e. The van der Waals surface area contributed by atoms with E-state index in [1.807, 2.05) is 43.3 Å². The van der Waals surface area contributed by atoms with Crippen LogP contribution in [0.2, 0.25) is 0 Å². The normalized spacial score (nSPS) is 13.3. The minimum Gasteiger partial charge on any atom is -0.492 e. The number of ether oxygens (including phenoxy) is 1. The van der Waals surface area contributed by atoms with Gasteiger partial charge in [-0.25, -0.2) is 14.8 Å². The highest BCUT2D eigenvalue weighted by Gasteiger charge is 2.23. The number of anilines is 1. The fraction of sp³-hybridized carbons (Fsp3) is 0.250. The number of amides is 2. The summed E-state index contributed by atoms with van der Waals surface area (Å²) >= 11 is 0. The van der Waals surface area contributed by atoms with Crippen LogP contribution in [0, 0.1) is 0 Å². The number of nitrogens with one attached hydrogen (secondary N) is 1. The number of urea groups is 1. The summed E-state index contributed by atoms with van der Waals surface area (Å²) in [4.78, 5) is 23.5. The third-order valence-corrected chi connectivity index (χ3v) is 4.45. The molecule has 132 valence electrons. The van der Waals surface area contributed by atoms with E-state index in [9.17, 15) is 4.79 Å². The van der Waals surface area contributed by atoms with E-state index in [1.165, 1.54) is 0 Å². The Hall–Kier alpha value is -3.15. The van der Waals surface area contributed by atoms with Gasteiger partial charge in [0, 0.05) is 36.8 Å². The monoisotopic (exact) mass is 348 g/mol. The molecule has 4 rings (SSSR count). The number of fused-ring (bicyclic) bond motifs is 2. The molecule has 0 atom stereocenters. The number of nitrogens with zero attached hydrogens (tertiary/aromatic N) is 3. The van der Waals surface area contributed by atoms with Gasteiger partial charge >= 0.3 is 6.03 Å². The van der Waals surface area contributed by atoms with E-state index in [4.69, 9.17) is 4.74 Å². The van der Waals surface area contributed by atoms with Crippen molar-refractivity contribution in [3.05, 3.63) is 59.9 Å². The molecule has 0 radical (unpaired) electrons. The van der Waals surface area contributed by atoms with Gasteiger partial charge in [-0.2, -0.15) is 0 Å². The smallest absolute Gasteiger partial charge is 0.322 e. The van der Waals surface area contributed by atoms with Gasteiger partial charge < -0.3 is 15.0 Å². The molecule has 0 bridgehead atoms.